The van der Waals surface area contributed by atoms with Gasteiger partial charge in [0.25, 0.3) is 0 Å². The zero-order valence-electron chi connectivity index (χ0n) is 16.7. The Balaban J connectivity index is 0.00000364. The Morgan fingerprint density at radius 1 is 1.33 bits per heavy atom. The van der Waals surface area contributed by atoms with E-state index in [0.29, 0.717) is 36.8 Å². The molecule has 0 bridgehead atoms. The van der Waals surface area contributed by atoms with Crippen molar-refractivity contribution in [2.24, 2.45) is 17.1 Å². The lowest BCUT2D eigenvalue weighted by Gasteiger charge is -2.30. The molecule has 2 amide bonds. The summed E-state index contributed by atoms with van der Waals surface area (Å²) in [6.45, 7) is 5.42. The number of benzene rings is 1. The Morgan fingerprint density at radius 2 is 2.00 bits per heavy atom. The van der Waals surface area contributed by atoms with Crippen LogP contribution in [0.15, 0.2) is 18.2 Å². The van der Waals surface area contributed by atoms with Crippen molar-refractivity contribution in [3.8, 4) is 11.5 Å². The lowest BCUT2D eigenvalue weighted by atomic mass is 9.92. The SMILES string of the molecule is COc1ccc(N2CC(C(=O)N(C)CC(C)(C)CN)CC2=O)c(OC)c1.Cl. The molecule has 1 atom stereocenters. The van der Waals surface area contributed by atoms with E-state index in [1.807, 2.05) is 13.8 Å². The smallest absolute Gasteiger partial charge is 0.227 e. The van der Waals surface area contributed by atoms with Gasteiger partial charge in [0.05, 0.1) is 25.8 Å². The average Bonchev–Trinajstić information content (AvgIpc) is 3.01. The van der Waals surface area contributed by atoms with E-state index in [2.05, 4.69) is 0 Å². The minimum absolute atomic E-state index is 0. The lowest BCUT2D eigenvalue weighted by Crippen LogP contribution is -2.42. The van der Waals surface area contributed by atoms with Crippen molar-refractivity contribution >= 4 is 29.9 Å². The quantitative estimate of drug-likeness (QED) is 0.757. The maximum atomic E-state index is 12.8. The first-order valence-corrected chi connectivity index (χ1v) is 8.70. The van der Waals surface area contributed by atoms with Crippen molar-refractivity contribution in [2.75, 3.05) is 45.8 Å². The van der Waals surface area contributed by atoms with E-state index >= 15 is 0 Å². The Bertz CT molecular complexity index is 681. The fourth-order valence-electron chi connectivity index (χ4n) is 3.21. The molecular weight excluding hydrogens is 370 g/mol. The molecule has 0 saturated carbocycles. The number of methoxy groups -OCH3 is 2. The molecule has 0 radical (unpaired) electrons. The van der Waals surface area contributed by atoms with Gasteiger partial charge in [-0.1, -0.05) is 13.8 Å². The summed E-state index contributed by atoms with van der Waals surface area (Å²) in [6, 6.07) is 5.29. The molecule has 1 aliphatic rings. The van der Waals surface area contributed by atoms with Gasteiger partial charge in [-0.05, 0) is 24.1 Å². The van der Waals surface area contributed by atoms with Gasteiger partial charge in [-0.15, -0.1) is 12.4 Å². The van der Waals surface area contributed by atoms with Crippen LogP contribution in [0.25, 0.3) is 0 Å². The molecule has 1 fully saturated rings. The Morgan fingerprint density at radius 3 is 2.56 bits per heavy atom. The van der Waals surface area contributed by atoms with E-state index in [1.54, 1.807) is 49.3 Å². The number of carbonyl (C=O) groups excluding carboxylic acids is 2. The first-order chi connectivity index (χ1) is 12.2. The summed E-state index contributed by atoms with van der Waals surface area (Å²) in [6.07, 6.45) is 0.196. The van der Waals surface area contributed by atoms with E-state index in [0.717, 1.165) is 0 Å². The number of hydrogen-bond donors (Lipinski definition) is 1. The maximum absolute atomic E-state index is 12.8. The maximum Gasteiger partial charge on any atom is 0.227 e. The number of anilines is 1. The molecule has 1 aromatic carbocycles. The van der Waals surface area contributed by atoms with Gasteiger partial charge in [0, 0.05) is 32.6 Å². The van der Waals surface area contributed by atoms with Gasteiger partial charge in [0.2, 0.25) is 11.8 Å². The molecule has 1 aromatic rings. The normalized spacial score (nSPS) is 16.7. The molecular formula is C19H30ClN3O4. The minimum atomic E-state index is -0.368. The number of nitrogens with zero attached hydrogens (tertiary/aromatic N) is 2. The summed E-state index contributed by atoms with van der Waals surface area (Å²) in [5.74, 6) is 0.707. The second-order valence-corrected chi connectivity index (χ2v) is 7.51. The topological polar surface area (TPSA) is 85.1 Å². The lowest BCUT2D eigenvalue weighted by molar-refractivity contribution is -0.135. The van der Waals surface area contributed by atoms with Crippen LogP contribution in [0, 0.1) is 11.3 Å². The summed E-state index contributed by atoms with van der Waals surface area (Å²) in [5.41, 5.74) is 6.25. The Hall–Kier alpha value is -1.99. The van der Waals surface area contributed by atoms with Crippen LogP contribution in [0.2, 0.25) is 0 Å². The monoisotopic (exact) mass is 399 g/mol. The van der Waals surface area contributed by atoms with E-state index in [4.69, 9.17) is 15.2 Å². The molecule has 2 N–H and O–H groups in total. The third-order valence-corrected chi connectivity index (χ3v) is 4.75. The van der Waals surface area contributed by atoms with Gasteiger partial charge in [-0.2, -0.15) is 0 Å². The van der Waals surface area contributed by atoms with Crippen LogP contribution in [-0.4, -0.2) is 57.6 Å². The van der Waals surface area contributed by atoms with Crippen molar-refractivity contribution in [2.45, 2.75) is 20.3 Å². The van der Waals surface area contributed by atoms with Crippen LogP contribution in [-0.2, 0) is 9.59 Å². The van der Waals surface area contributed by atoms with Gasteiger partial charge >= 0.3 is 0 Å². The number of halogens is 1. The number of hydrogen-bond acceptors (Lipinski definition) is 5. The summed E-state index contributed by atoms with van der Waals surface area (Å²) in [5, 5.41) is 0. The van der Waals surface area contributed by atoms with E-state index < -0.39 is 0 Å². The molecule has 1 heterocycles. The predicted molar refractivity (Wildman–Crippen MR) is 108 cm³/mol. The third-order valence-electron chi connectivity index (χ3n) is 4.75. The summed E-state index contributed by atoms with van der Waals surface area (Å²) in [4.78, 5) is 28.6. The second kappa shape index (κ2) is 9.28. The number of nitrogens with two attached hydrogens (primary N) is 1. The Labute approximate surface area is 167 Å². The van der Waals surface area contributed by atoms with Crippen LogP contribution in [0.3, 0.4) is 0 Å². The van der Waals surface area contributed by atoms with Gasteiger partial charge < -0.3 is 25.0 Å². The molecule has 8 heteroatoms. The van der Waals surface area contributed by atoms with Crippen LogP contribution in [0.4, 0.5) is 5.69 Å². The van der Waals surface area contributed by atoms with E-state index in [1.165, 1.54) is 0 Å². The average molecular weight is 400 g/mol. The van der Waals surface area contributed by atoms with Gasteiger partial charge in [0.15, 0.2) is 0 Å². The predicted octanol–water partition coefficient (Wildman–Crippen LogP) is 1.92. The van der Waals surface area contributed by atoms with Crippen LogP contribution >= 0.6 is 12.4 Å². The molecule has 2 rings (SSSR count). The van der Waals surface area contributed by atoms with Crippen LogP contribution in [0.1, 0.15) is 20.3 Å². The second-order valence-electron chi connectivity index (χ2n) is 7.51. The van der Waals surface area contributed by atoms with Gasteiger partial charge in [-0.3, -0.25) is 9.59 Å². The number of rotatable bonds is 7. The molecule has 152 valence electrons. The summed E-state index contributed by atoms with van der Waals surface area (Å²) in [7, 11) is 4.88. The number of ether oxygens (including phenoxy) is 2. The number of carbonyl (C=O) groups is 2. The van der Waals surface area contributed by atoms with Crippen molar-refractivity contribution in [1.29, 1.82) is 0 Å². The van der Waals surface area contributed by atoms with E-state index in [-0.39, 0.29) is 42.0 Å². The highest BCUT2D eigenvalue weighted by Gasteiger charge is 2.38. The standard InChI is InChI=1S/C19H29N3O4.ClH/c1-19(2,11-20)12-21(3)18(24)13-8-17(23)22(10-13)15-7-6-14(25-4)9-16(15)26-5;/h6-7,9,13H,8,10-12,20H2,1-5H3;1H. The van der Waals surface area contributed by atoms with E-state index in [9.17, 15) is 9.59 Å². The van der Waals surface area contributed by atoms with Gasteiger partial charge in [0.1, 0.15) is 11.5 Å². The fraction of sp³-hybridized carbons (Fsp3) is 0.579. The molecule has 1 saturated heterocycles. The van der Waals surface area contributed by atoms with Gasteiger partial charge in [-0.25, -0.2) is 0 Å². The van der Waals surface area contributed by atoms with Crippen molar-refractivity contribution in [3.05, 3.63) is 18.2 Å². The van der Waals surface area contributed by atoms with Crippen molar-refractivity contribution in [3.63, 3.8) is 0 Å². The fourth-order valence-corrected chi connectivity index (χ4v) is 3.21. The van der Waals surface area contributed by atoms with Crippen LogP contribution in [0.5, 0.6) is 11.5 Å². The largest absolute Gasteiger partial charge is 0.497 e. The van der Waals surface area contributed by atoms with Crippen LogP contribution < -0.4 is 20.1 Å². The molecule has 27 heavy (non-hydrogen) atoms. The van der Waals surface area contributed by atoms with Crippen molar-refractivity contribution in [1.82, 2.24) is 4.90 Å². The van der Waals surface area contributed by atoms with Crippen molar-refractivity contribution < 1.29 is 19.1 Å². The summed E-state index contributed by atoms with van der Waals surface area (Å²) >= 11 is 0. The summed E-state index contributed by atoms with van der Waals surface area (Å²) < 4.78 is 10.6. The zero-order valence-corrected chi connectivity index (χ0v) is 17.5. The first-order valence-electron chi connectivity index (χ1n) is 8.70. The molecule has 0 aromatic heterocycles. The highest BCUT2D eigenvalue weighted by Crippen LogP contribution is 2.36. The third kappa shape index (κ3) is 5.26. The Kier molecular flexibility index (Phi) is 7.92. The molecule has 1 aliphatic heterocycles. The highest BCUT2D eigenvalue weighted by atomic mass is 35.5. The highest BCUT2D eigenvalue weighted by molar-refractivity contribution is 6.01. The zero-order chi connectivity index (χ0) is 19.5. The molecule has 1 unspecified atom stereocenters. The first kappa shape index (κ1) is 23.0. The molecule has 7 nitrogen and oxygen atoms in total. The minimum Gasteiger partial charge on any atom is -0.497 e. The molecule has 0 spiro atoms. The number of amides is 2. The molecule has 0 aliphatic carbocycles.